The normalized spacial score (nSPS) is 15.0. The fourth-order valence-corrected chi connectivity index (χ4v) is 5.51. The molecule has 0 amide bonds. The van der Waals surface area contributed by atoms with E-state index in [1.807, 2.05) is 24.4 Å². The predicted octanol–water partition coefficient (Wildman–Crippen LogP) is 8.18. The minimum Gasteiger partial charge on any atom is -0.437 e. The average Bonchev–Trinajstić information content (AvgIpc) is 3.53. The number of pyridine rings is 2. The molecule has 33 heavy (non-hydrogen) atoms. The molecule has 1 saturated carbocycles. The van der Waals surface area contributed by atoms with Gasteiger partial charge in [0.25, 0.3) is 0 Å². The lowest BCUT2D eigenvalue weighted by Crippen LogP contribution is -2.26. The Morgan fingerprint density at radius 1 is 0.818 bits per heavy atom. The third kappa shape index (κ3) is 3.43. The van der Waals surface area contributed by atoms with E-state index in [9.17, 15) is 0 Å². The summed E-state index contributed by atoms with van der Waals surface area (Å²) in [4.78, 5) is 9.59. The zero-order chi connectivity index (χ0) is 22.4. The SMILES string of the molecule is CC(C)(c1ccnc(-c2cccc3c2oc2nc(-c4ccccc4)ccc23)c1)C1CCCC1. The molecule has 2 aromatic carbocycles. The molecule has 5 aromatic rings. The quantitative estimate of drug-likeness (QED) is 0.287. The van der Waals surface area contributed by atoms with Gasteiger partial charge in [0.05, 0.1) is 11.4 Å². The Morgan fingerprint density at radius 3 is 2.45 bits per heavy atom. The molecule has 3 nitrogen and oxygen atoms in total. The van der Waals surface area contributed by atoms with Crippen molar-refractivity contribution < 1.29 is 4.42 Å². The molecular weight excluding hydrogens is 404 g/mol. The third-order valence-corrected chi connectivity index (χ3v) is 7.59. The van der Waals surface area contributed by atoms with Crippen molar-refractivity contribution in [2.24, 2.45) is 5.92 Å². The van der Waals surface area contributed by atoms with Crippen molar-refractivity contribution in [3.8, 4) is 22.5 Å². The standard InChI is InChI=1S/C30H28N2O/c1-30(2,21-11-6-7-12-21)22-17-18-31-27(19-22)25-14-8-13-23-24-15-16-26(20-9-4-3-5-10-20)32-29(24)33-28(23)25/h3-5,8-10,13-19,21H,6-7,11-12H2,1-2H3. The van der Waals surface area contributed by atoms with Gasteiger partial charge in [0.15, 0.2) is 0 Å². The van der Waals surface area contributed by atoms with Crippen LogP contribution in [0.15, 0.2) is 83.4 Å². The molecule has 0 unspecified atom stereocenters. The smallest absolute Gasteiger partial charge is 0.227 e. The molecule has 164 valence electrons. The summed E-state index contributed by atoms with van der Waals surface area (Å²) in [6.45, 7) is 4.78. The number of fused-ring (bicyclic) bond motifs is 3. The number of hydrogen-bond acceptors (Lipinski definition) is 3. The highest BCUT2D eigenvalue weighted by Crippen LogP contribution is 2.43. The maximum Gasteiger partial charge on any atom is 0.227 e. The number of nitrogens with zero attached hydrogens (tertiary/aromatic N) is 2. The molecule has 0 N–H and O–H groups in total. The Morgan fingerprint density at radius 2 is 1.64 bits per heavy atom. The molecule has 3 heteroatoms. The molecule has 0 bridgehead atoms. The van der Waals surface area contributed by atoms with E-state index in [0.29, 0.717) is 5.71 Å². The molecule has 0 saturated heterocycles. The van der Waals surface area contributed by atoms with Gasteiger partial charge in [-0.25, -0.2) is 4.98 Å². The molecule has 0 spiro atoms. The van der Waals surface area contributed by atoms with Gasteiger partial charge in [-0.15, -0.1) is 0 Å². The summed E-state index contributed by atoms with van der Waals surface area (Å²) < 4.78 is 6.37. The van der Waals surface area contributed by atoms with Gasteiger partial charge in [0.1, 0.15) is 5.58 Å². The molecule has 0 radical (unpaired) electrons. The van der Waals surface area contributed by atoms with Gasteiger partial charge in [-0.1, -0.05) is 69.2 Å². The van der Waals surface area contributed by atoms with Crippen LogP contribution in [0.1, 0.15) is 45.1 Å². The maximum atomic E-state index is 6.37. The zero-order valence-electron chi connectivity index (χ0n) is 19.2. The van der Waals surface area contributed by atoms with Crippen molar-refractivity contribution >= 4 is 22.1 Å². The van der Waals surface area contributed by atoms with E-state index >= 15 is 0 Å². The zero-order valence-corrected chi connectivity index (χ0v) is 19.2. The summed E-state index contributed by atoms with van der Waals surface area (Å²) in [7, 11) is 0. The van der Waals surface area contributed by atoms with E-state index in [-0.39, 0.29) is 5.41 Å². The highest BCUT2D eigenvalue weighted by Gasteiger charge is 2.33. The summed E-state index contributed by atoms with van der Waals surface area (Å²) in [5.41, 5.74) is 7.02. The molecule has 0 aliphatic heterocycles. The average molecular weight is 433 g/mol. The highest BCUT2D eigenvalue weighted by atomic mass is 16.3. The van der Waals surface area contributed by atoms with Gasteiger partial charge in [-0.3, -0.25) is 4.98 Å². The van der Waals surface area contributed by atoms with Crippen LogP contribution in [0.5, 0.6) is 0 Å². The molecule has 3 heterocycles. The topological polar surface area (TPSA) is 38.9 Å². The van der Waals surface area contributed by atoms with E-state index in [0.717, 1.165) is 44.8 Å². The van der Waals surface area contributed by atoms with Gasteiger partial charge in [0.2, 0.25) is 5.71 Å². The van der Waals surface area contributed by atoms with E-state index < -0.39 is 0 Å². The Bertz CT molecular complexity index is 1440. The van der Waals surface area contributed by atoms with Crippen molar-refractivity contribution in [3.05, 3.63) is 84.6 Å². The lowest BCUT2D eigenvalue weighted by molar-refractivity contribution is 0.325. The van der Waals surface area contributed by atoms with Gasteiger partial charge >= 0.3 is 0 Å². The van der Waals surface area contributed by atoms with Crippen LogP contribution in [0.25, 0.3) is 44.6 Å². The number of furan rings is 1. The Kier molecular flexibility index (Phi) is 4.79. The Hall–Kier alpha value is -3.46. The Labute approximate surface area is 194 Å². The summed E-state index contributed by atoms with van der Waals surface area (Å²) in [6, 6.07) is 25.2. The molecule has 1 fully saturated rings. The van der Waals surface area contributed by atoms with Crippen LogP contribution in [0, 0.1) is 5.92 Å². The third-order valence-electron chi connectivity index (χ3n) is 7.59. The van der Waals surface area contributed by atoms with E-state index in [1.165, 1.54) is 31.2 Å². The molecule has 1 aliphatic carbocycles. The second-order valence-corrected chi connectivity index (χ2v) is 9.83. The number of benzene rings is 2. The van der Waals surface area contributed by atoms with E-state index in [4.69, 9.17) is 14.4 Å². The predicted molar refractivity (Wildman–Crippen MR) is 135 cm³/mol. The van der Waals surface area contributed by atoms with Crippen LogP contribution in [-0.4, -0.2) is 9.97 Å². The van der Waals surface area contributed by atoms with Crippen molar-refractivity contribution in [1.82, 2.24) is 9.97 Å². The number of rotatable bonds is 4. The van der Waals surface area contributed by atoms with Gasteiger partial charge < -0.3 is 4.42 Å². The second kappa shape index (κ2) is 7.84. The van der Waals surface area contributed by atoms with Gasteiger partial charge in [-0.2, -0.15) is 0 Å². The number of aromatic nitrogens is 2. The highest BCUT2D eigenvalue weighted by molar-refractivity contribution is 6.08. The first kappa shape index (κ1) is 20.2. The van der Waals surface area contributed by atoms with Crippen LogP contribution in [0.3, 0.4) is 0 Å². The van der Waals surface area contributed by atoms with Crippen LogP contribution >= 0.6 is 0 Å². The second-order valence-electron chi connectivity index (χ2n) is 9.83. The fourth-order valence-electron chi connectivity index (χ4n) is 5.51. The summed E-state index contributed by atoms with van der Waals surface area (Å²) in [5, 5.41) is 2.12. The summed E-state index contributed by atoms with van der Waals surface area (Å²) in [5.74, 6) is 0.732. The number of para-hydroxylation sites is 1. The van der Waals surface area contributed by atoms with Crippen LogP contribution < -0.4 is 0 Å². The van der Waals surface area contributed by atoms with Crippen LogP contribution in [0.2, 0.25) is 0 Å². The first-order valence-electron chi connectivity index (χ1n) is 12.0. The number of hydrogen-bond donors (Lipinski definition) is 0. The van der Waals surface area contributed by atoms with Crippen LogP contribution in [0.4, 0.5) is 0 Å². The van der Waals surface area contributed by atoms with Crippen molar-refractivity contribution in [2.45, 2.75) is 44.9 Å². The minimum absolute atomic E-state index is 0.141. The largest absolute Gasteiger partial charge is 0.437 e. The van der Waals surface area contributed by atoms with Crippen molar-refractivity contribution in [2.75, 3.05) is 0 Å². The molecule has 0 atom stereocenters. The summed E-state index contributed by atoms with van der Waals surface area (Å²) in [6.07, 6.45) is 7.29. The molecular formula is C30H28N2O. The van der Waals surface area contributed by atoms with Crippen molar-refractivity contribution in [1.29, 1.82) is 0 Å². The van der Waals surface area contributed by atoms with Crippen LogP contribution in [-0.2, 0) is 5.41 Å². The van der Waals surface area contributed by atoms with Gasteiger partial charge in [-0.05, 0) is 60.1 Å². The minimum atomic E-state index is 0.141. The molecule has 3 aromatic heterocycles. The van der Waals surface area contributed by atoms with E-state index in [2.05, 4.69) is 68.4 Å². The summed E-state index contributed by atoms with van der Waals surface area (Å²) >= 11 is 0. The molecule has 1 aliphatic rings. The lowest BCUT2D eigenvalue weighted by Gasteiger charge is -2.32. The van der Waals surface area contributed by atoms with Crippen molar-refractivity contribution in [3.63, 3.8) is 0 Å². The Balaban J connectivity index is 1.46. The van der Waals surface area contributed by atoms with E-state index in [1.54, 1.807) is 0 Å². The lowest BCUT2D eigenvalue weighted by atomic mass is 9.72. The fraction of sp³-hybridized carbons (Fsp3) is 0.267. The van der Waals surface area contributed by atoms with Gasteiger partial charge in [0, 0.05) is 28.1 Å². The first-order chi connectivity index (χ1) is 16.1. The first-order valence-corrected chi connectivity index (χ1v) is 12.0. The monoisotopic (exact) mass is 432 g/mol. The molecule has 6 rings (SSSR count). The maximum absolute atomic E-state index is 6.37.